The molecule has 3 heteroatoms. The highest BCUT2D eigenvalue weighted by molar-refractivity contribution is 6.30. The van der Waals surface area contributed by atoms with Crippen molar-refractivity contribution in [2.24, 2.45) is 11.8 Å². The summed E-state index contributed by atoms with van der Waals surface area (Å²) in [7, 11) is 0. The Balaban J connectivity index is 2.10. The average Bonchev–Trinajstić information content (AvgIpc) is 3.10. The first-order chi connectivity index (χ1) is 8.08. The third kappa shape index (κ3) is 3.22. The van der Waals surface area contributed by atoms with E-state index in [1.807, 2.05) is 24.3 Å². The summed E-state index contributed by atoms with van der Waals surface area (Å²) in [5.41, 5.74) is 1.12. The Kier molecular flexibility index (Phi) is 3.72. The first kappa shape index (κ1) is 12.4. The van der Waals surface area contributed by atoms with Crippen molar-refractivity contribution in [3.63, 3.8) is 0 Å². The largest absolute Gasteiger partial charge is 0.349 e. The molecule has 0 radical (unpaired) electrons. The van der Waals surface area contributed by atoms with Gasteiger partial charge in [-0.2, -0.15) is 0 Å². The van der Waals surface area contributed by atoms with Gasteiger partial charge in [0.15, 0.2) is 0 Å². The molecule has 1 saturated carbocycles. The third-order valence-electron chi connectivity index (χ3n) is 3.14. The Morgan fingerprint density at radius 3 is 2.35 bits per heavy atom. The molecule has 2 nitrogen and oxygen atoms in total. The summed E-state index contributed by atoms with van der Waals surface area (Å²) in [6, 6.07) is 7.80. The van der Waals surface area contributed by atoms with E-state index in [0.29, 0.717) is 5.92 Å². The van der Waals surface area contributed by atoms with Gasteiger partial charge in [0.05, 0.1) is 6.04 Å². The van der Waals surface area contributed by atoms with Gasteiger partial charge in [0.25, 0.3) is 0 Å². The quantitative estimate of drug-likeness (QED) is 0.871. The summed E-state index contributed by atoms with van der Waals surface area (Å²) >= 11 is 5.87. The molecule has 17 heavy (non-hydrogen) atoms. The zero-order valence-corrected chi connectivity index (χ0v) is 11.0. The fraction of sp³-hybridized carbons (Fsp3) is 0.500. The number of carbonyl (C=O) groups excluding carboxylic acids is 1. The van der Waals surface area contributed by atoms with Gasteiger partial charge >= 0.3 is 0 Å². The maximum absolute atomic E-state index is 11.8. The van der Waals surface area contributed by atoms with Crippen LogP contribution in [-0.2, 0) is 4.79 Å². The molecule has 1 fully saturated rings. The summed E-state index contributed by atoms with van der Waals surface area (Å²) < 4.78 is 0. The number of hydrogen-bond acceptors (Lipinski definition) is 1. The molecule has 0 aromatic heterocycles. The van der Waals surface area contributed by atoms with Crippen LogP contribution in [0.5, 0.6) is 0 Å². The molecule has 1 aromatic carbocycles. The monoisotopic (exact) mass is 251 g/mol. The molecule has 0 saturated heterocycles. The van der Waals surface area contributed by atoms with Crippen LogP contribution in [0.1, 0.15) is 38.3 Å². The molecule has 0 heterocycles. The van der Waals surface area contributed by atoms with Crippen molar-refractivity contribution in [1.29, 1.82) is 0 Å². The number of rotatable bonds is 4. The van der Waals surface area contributed by atoms with E-state index in [9.17, 15) is 4.79 Å². The van der Waals surface area contributed by atoms with Gasteiger partial charge in [0.1, 0.15) is 0 Å². The Bertz CT molecular complexity index is 395. The first-order valence-electron chi connectivity index (χ1n) is 6.14. The molecular formula is C14H18ClNO. The molecule has 1 aromatic rings. The molecule has 92 valence electrons. The Hall–Kier alpha value is -1.02. The number of hydrogen-bond donors (Lipinski definition) is 1. The van der Waals surface area contributed by atoms with Crippen LogP contribution in [0.4, 0.5) is 0 Å². The molecule has 1 atom stereocenters. The molecule has 1 amide bonds. The maximum atomic E-state index is 11.8. The highest BCUT2D eigenvalue weighted by Crippen LogP contribution is 2.31. The van der Waals surface area contributed by atoms with E-state index in [1.54, 1.807) is 0 Å². The fourth-order valence-corrected chi connectivity index (χ4v) is 2.05. The second-order valence-corrected chi connectivity index (χ2v) is 5.49. The lowest BCUT2D eigenvalue weighted by molar-refractivity contribution is -0.123. The van der Waals surface area contributed by atoms with E-state index >= 15 is 0 Å². The standard InChI is InChI=1S/C14H18ClNO/c1-9(2)13(16-14(17)11-3-4-11)10-5-7-12(15)8-6-10/h5-9,11,13H,3-4H2,1-2H3,(H,16,17). The third-order valence-corrected chi connectivity index (χ3v) is 3.39. The zero-order chi connectivity index (χ0) is 12.4. The average molecular weight is 252 g/mol. The van der Waals surface area contributed by atoms with Crippen molar-refractivity contribution in [3.8, 4) is 0 Å². The summed E-state index contributed by atoms with van der Waals surface area (Å²) in [6.45, 7) is 4.24. The number of benzene rings is 1. The van der Waals surface area contributed by atoms with Crippen LogP contribution in [0.25, 0.3) is 0 Å². The highest BCUT2D eigenvalue weighted by atomic mass is 35.5. The van der Waals surface area contributed by atoms with E-state index in [0.717, 1.165) is 23.4 Å². The molecule has 0 aliphatic heterocycles. The van der Waals surface area contributed by atoms with Crippen molar-refractivity contribution >= 4 is 17.5 Å². The second kappa shape index (κ2) is 5.09. The Labute approximate surface area is 107 Å². The SMILES string of the molecule is CC(C)C(NC(=O)C1CC1)c1ccc(Cl)cc1. The van der Waals surface area contributed by atoms with Crippen molar-refractivity contribution in [2.75, 3.05) is 0 Å². The summed E-state index contributed by atoms with van der Waals surface area (Å²) in [5.74, 6) is 0.820. The van der Waals surface area contributed by atoms with Crippen LogP contribution >= 0.6 is 11.6 Å². The minimum Gasteiger partial charge on any atom is -0.349 e. The summed E-state index contributed by atoms with van der Waals surface area (Å²) in [5, 5.41) is 3.86. The van der Waals surface area contributed by atoms with Crippen LogP contribution in [0.2, 0.25) is 5.02 Å². The number of halogens is 1. The predicted octanol–water partition coefficient (Wildman–Crippen LogP) is 3.56. The van der Waals surface area contributed by atoms with Gasteiger partial charge in [-0.05, 0) is 36.5 Å². The number of amides is 1. The minimum absolute atomic E-state index is 0.0837. The van der Waals surface area contributed by atoms with Gasteiger partial charge in [0, 0.05) is 10.9 Å². The van der Waals surface area contributed by atoms with E-state index < -0.39 is 0 Å². The smallest absolute Gasteiger partial charge is 0.223 e. The van der Waals surface area contributed by atoms with Gasteiger partial charge in [-0.15, -0.1) is 0 Å². The van der Waals surface area contributed by atoms with Crippen LogP contribution in [0.3, 0.4) is 0 Å². The van der Waals surface area contributed by atoms with E-state index in [1.165, 1.54) is 0 Å². The van der Waals surface area contributed by atoms with E-state index in [2.05, 4.69) is 19.2 Å². The van der Waals surface area contributed by atoms with Crippen LogP contribution < -0.4 is 5.32 Å². The topological polar surface area (TPSA) is 29.1 Å². The van der Waals surface area contributed by atoms with Gasteiger partial charge in [0.2, 0.25) is 5.91 Å². The van der Waals surface area contributed by atoms with Crippen molar-refractivity contribution in [3.05, 3.63) is 34.9 Å². The summed E-state index contributed by atoms with van der Waals surface area (Å²) in [4.78, 5) is 11.8. The minimum atomic E-state index is 0.0837. The molecular weight excluding hydrogens is 234 g/mol. The number of nitrogens with one attached hydrogen (secondary N) is 1. The zero-order valence-electron chi connectivity index (χ0n) is 10.2. The van der Waals surface area contributed by atoms with Crippen LogP contribution in [-0.4, -0.2) is 5.91 Å². The van der Waals surface area contributed by atoms with E-state index in [4.69, 9.17) is 11.6 Å². The maximum Gasteiger partial charge on any atom is 0.223 e. The lowest BCUT2D eigenvalue weighted by Gasteiger charge is -2.23. The molecule has 2 rings (SSSR count). The number of carbonyl (C=O) groups is 1. The Morgan fingerprint density at radius 1 is 1.29 bits per heavy atom. The second-order valence-electron chi connectivity index (χ2n) is 5.06. The van der Waals surface area contributed by atoms with Crippen LogP contribution in [0.15, 0.2) is 24.3 Å². The molecule has 0 spiro atoms. The van der Waals surface area contributed by atoms with Gasteiger partial charge in [-0.1, -0.05) is 37.6 Å². The molecule has 1 aliphatic rings. The highest BCUT2D eigenvalue weighted by Gasteiger charge is 2.31. The first-order valence-corrected chi connectivity index (χ1v) is 6.51. The van der Waals surface area contributed by atoms with Crippen molar-refractivity contribution in [1.82, 2.24) is 5.32 Å². The molecule has 1 N–H and O–H groups in total. The molecule has 1 unspecified atom stereocenters. The van der Waals surface area contributed by atoms with Gasteiger partial charge < -0.3 is 5.32 Å². The molecule has 0 bridgehead atoms. The predicted molar refractivity (Wildman–Crippen MR) is 69.9 cm³/mol. The normalized spacial score (nSPS) is 16.9. The summed E-state index contributed by atoms with van der Waals surface area (Å²) in [6.07, 6.45) is 2.08. The van der Waals surface area contributed by atoms with Gasteiger partial charge in [-0.3, -0.25) is 4.79 Å². The van der Waals surface area contributed by atoms with E-state index in [-0.39, 0.29) is 17.9 Å². The van der Waals surface area contributed by atoms with Crippen molar-refractivity contribution in [2.45, 2.75) is 32.7 Å². The molecule has 1 aliphatic carbocycles. The fourth-order valence-electron chi connectivity index (χ4n) is 1.92. The van der Waals surface area contributed by atoms with Crippen LogP contribution in [0, 0.1) is 11.8 Å². The van der Waals surface area contributed by atoms with Crippen molar-refractivity contribution < 1.29 is 4.79 Å². The lowest BCUT2D eigenvalue weighted by atomic mass is 9.96. The van der Waals surface area contributed by atoms with Gasteiger partial charge in [-0.25, -0.2) is 0 Å². The lowest BCUT2D eigenvalue weighted by Crippen LogP contribution is -2.32. The Morgan fingerprint density at radius 2 is 1.88 bits per heavy atom.